The molecule has 51 heavy (non-hydrogen) atoms. The lowest BCUT2D eigenvalue weighted by atomic mass is 10.0. The highest BCUT2D eigenvalue weighted by Gasteiger charge is 2.20. The van der Waals surface area contributed by atoms with E-state index in [0.717, 1.165) is 64.6 Å². The van der Waals surface area contributed by atoms with Crippen molar-refractivity contribution < 1.29 is 0 Å². The molecule has 0 amide bonds. The summed E-state index contributed by atoms with van der Waals surface area (Å²) in [5.74, 6) is 2.62. The molecule has 0 spiro atoms. The fraction of sp³-hybridized carbons (Fsp3) is 0. The molecule has 0 saturated heterocycles. The molecule has 0 radical (unpaired) electrons. The molecule has 10 aromatic rings. The quantitative estimate of drug-likeness (QED) is 0.182. The third-order valence-electron chi connectivity index (χ3n) is 9.33. The van der Waals surface area contributed by atoms with Crippen molar-refractivity contribution in [3.05, 3.63) is 164 Å². The van der Waals surface area contributed by atoms with Crippen molar-refractivity contribution in [1.82, 2.24) is 24.9 Å². The number of para-hydroxylation sites is 1. The Morgan fingerprint density at radius 3 is 1.76 bits per heavy atom. The van der Waals surface area contributed by atoms with Gasteiger partial charge < -0.3 is 0 Å². The summed E-state index contributed by atoms with van der Waals surface area (Å²) in [6.45, 7) is 0. The van der Waals surface area contributed by atoms with Crippen LogP contribution in [-0.2, 0) is 0 Å². The minimum absolute atomic E-state index is 0.638. The van der Waals surface area contributed by atoms with Gasteiger partial charge in [-0.1, -0.05) is 140 Å². The van der Waals surface area contributed by atoms with Gasteiger partial charge in [0.15, 0.2) is 23.3 Å². The highest BCUT2D eigenvalue weighted by atomic mass is 32.1. The smallest absolute Gasteiger partial charge is 0.164 e. The van der Waals surface area contributed by atoms with E-state index in [1.807, 2.05) is 66.7 Å². The molecular weight excluding hydrogens is 643 g/mol. The fourth-order valence-electron chi connectivity index (χ4n) is 6.89. The van der Waals surface area contributed by atoms with E-state index in [1.165, 1.54) is 10.8 Å². The largest absolute Gasteiger partial charge is 0.228 e. The second kappa shape index (κ2) is 12.1. The van der Waals surface area contributed by atoms with Crippen LogP contribution in [0.4, 0.5) is 0 Å². The molecule has 0 aliphatic rings. The van der Waals surface area contributed by atoms with Gasteiger partial charge in [0, 0.05) is 53.4 Å². The van der Waals surface area contributed by atoms with Crippen LogP contribution in [0.2, 0.25) is 0 Å². The molecule has 0 saturated carbocycles. The van der Waals surface area contributed by atoms with Crippen LogP contribution in [-0.4, -0.2) is 24.9 Å². The van der Waals surface area contributed by atoms with E-state index >= 15 is 0 Å². The lowest BCUT2D eigenvalue weighted by Gasteiger charge is -2.11. The Labute approximate surface area is 297 Å². The van der Waals surface area contributed by atoms with Crippen molar-refractivity contribution in [2.45, 2.75) is 0 Å². The van der Waals surface area contributed by atoms with Gasteiger partial charge in [0.2, 0.25) is 0 Å². The molecule has 5 nitrogen and oxygen atoms in total. The first-order valence-corrected chi connectivity index (χ1v) is 17.7. The van der Waals surface area contributed by atoms with Gasteiger partial charge in [0.05, 0.1) is 11.2 Å². The van der Waals surface area contributed by atoms with Crippen molar-refractivity contribution in [2.75, 3.05) is 0 Å². The van der Waals surface area contributed by atoms with E-state index in [9.17, 15) is 0 Å². The molecule has 0 fully saturated rings. The Morgan fingerprint density at radius 2 is 0.980 bits per heavy atom. The Bertz CT molecular complexity index is 2860. The molecule has 0 bridgehead atoms. The van der Waals surface area contributed by atoms with Gasteiger partial charge in [-0.2, -0.15) is 0 Å². The molecule has 3 heterocycles. The zero-order chi connectivity index (χ0) is 33.7. The van der Waals surface area contributed by atoms with Crippen molar-refractivity contribution in [2.24, 2.45) is 0 Å². The summed E-state index contributed by atoms with van der Waals surface area (Å²) in [4.78, 5) is 25.5. The maximum Gasteiger partial charge on any atom is 0.164 e. The lowest BCUT2D eigenvalue weighted by molar-refractivity contribution is 1.08. The lowest BCUT2D eigenvalue weighted by Crippen LogP contribution is -2.00. The molecular formula is C45H27N5S. The van der Waals surface area contributed by atoms with Gasteiger partial charge >= 0.3 is 0 Å². The zero-order valence-electron chi connectivity index (χ0n) is 27.2. The summed E-state index contributed by atoms with van der Waals surface area (Å²) in [5.41, 5.74) is 6.75. The van der Waals surface area contributed by atoms with Crippen LogP contribution in [0.1, 0.15) is 0 Å². The highest BCUT2D eigenvalue weighted by Crippen LogP contribution is 2.44. The normalized spacial score (nSPS) is 11.5. The van der Waals surface area contributed by atoms with Gasteiger partial charge in [0.1, 0.15) is 0 Å². The number of fused-ring (bicyclic) bond motifs is 5. The standard InChI is InChI=1S/C45H27N5S/c1-3-14-29(15-4-1)42-48-43(30-16-5-2-6-17-30)50-44(49-42)35-21-12-24-38-39(35)34-20-11-22-36(41(34)51-38)45-46-37-23-10-9-19-33(37)40(47-45)32-26-25-28-13-7-8-18-31(28)27-32/h1-27H. The first-order chi connectivity index (χ1) is 25.3. The third kappa shape index (κ3) is 5.12. The summed E-state index contributed by atoms with van der Waals surface area (Å²) in [6, 6.07) is 56.3. The second-order valence-corrected chi connectivity index (χ2v) is 13.5. The molecule has 0 aliphatic heterocycles. The SMILES string of the molecule is c1ccc(-c2nc(-c3ccccc3)nc(-c3cccc4sc5c(-c6nc(-c7ccc8ccccc8c7)c7ccccc7n6)cccc5c34)n2)cc1. The molecule has 0 atom stereocenters. The maximum atomic E-state index is 5.30. The van der Waals surface area contributed by atoms with Crippen LogP contribution in [0.3, 0.4) is 0 Å². The molecule has 3 aromatic heterocycles. The van der Waals surface area contributed by atoms with Crippen LogP contribution in [0.15, 0.2) is 164 Å². The monoisotopic (exact) mass is 669 g/mol. The number of benzene rings is 7. The Hall–Kier alpha value is -6.63. The Kier molecular flexibility index (Phi) is 6.93. The van der Waals surface area contributed by atoms with E-state index in [4.69, 9.17) is 24.9 Å². The van der Waals surface area contributed by atoms with E-state index < -0.39 is 0 Å². The predicted molar refractivity (Wildman–Crippen MR) is 210 cm³/mol. The predicted octanol–water partition coefficient (Wildman–Crippen LogP) is 11.7. The van der Waals surface area contributed by atoms with Gasteiger partial charge in [0.25, 0.3) is 0 Å². The molecule has 0 aliphatic carbocycles. The van der Waals surface area contributed by atoms with Gasteiger partial charge in [-0.3, -0.25) is 0 Å². The highest BCUT2D eigenvalue weighted by molar-refractivity contribution is 7.26. The maximum absolute atomic E-state index is 5.30. The van der Waals surface area contributed by atoms with Crippen molar-refractivity contribution in [3.63, 3.8) is 0 Å². The van der Waals surface area contributed by atoms with E-state index in [2.05, 4.69) is 97.1 Å². The van der Waals surface area contributed by atoms with E-state index in [1.54, 1.807) is 11.3 Å². The topological polar surface area (TPSA) is 64.5 Å². The summed E-state index contributed by atoms with van der Waals surface area (Å²) >= 11 is 1.75. The molecule has 6 heteroatoms. The number of hydrogen-bond acceptors (Lipinski definition) is 6. The first kappa shape index (κ1) is 29.3. The first-order valence-electron chi connectivity index (χ1n) is 16.8. The van der Waals surface area contributed by atoms with Crippen LogP contribution < -0.4 is 0 Å². The van der Waals surface area contributed by atoms with Crippen LogP contribution in [0, 0.1) is 0 Å². The summed E-state index contributed by atoms with van der Waals surface area (Å²) < 4.78 is 2.27. The fourth-order valence-corrected chi connectivity index (χ4v) is 8.13. The zero-order valence-corrected chi connectivity index (χ0v) is 28.0. The summed E-state index contributed by atoms with van der Waals surface area (Å²) in [6.07, 6.45) is 0. The molecule has 0 unspecified atom stereocenters. The average molecular weight is 670 g/mol. The number of nitrogens with zero attached hydrogens (tertiary/aromatic N) is 5. The van der Waals surface area contributed by atoms with E-state index in [0.29, 0.717) is 23.3 Å². The second-order valence-electron chi connectivity index (χ2n) is 12.5. The Balaban J connectivity index is 1.18. The molecule has 0 N–H and O–H groups in total. The third-order valence-corrected chi connectivity index (χ3v) is 10.5. The van der Waals surface area contributed by atoms with Crippen LogP contribution in [0.25, 0.3) is 98.7 Å². The van der Waals surface area contributed by atoms with Gasteiger partial charge in [-0.15, -0.1) is 11.3 Å². The van der Waals surface area contributed by atoms with Crippen LogP contribution in [0.5, 0.6) is 0 Å². The molecule has 7 aromatic carbocycles. The Morgan fingerprint density at radius 1 is 0.373 bits per heavy atom. The van der Waals surface area contributed by atoms with Crippen molar-refractivity contribution in [3.8, 4) is 56.8 Å². The number of aromatic nitrogens is 5. The van der Waals surface area contributed by atoms with Crippen molar-refractivity contribution in [1.29, 1.82) is 0 Å². The molecule has 10 rings (SSSR count). The minimum atomic E-state index is 0.638. The number of thiophene rings is 1. The van der Waals surface area contributed by atoms with Gasteiger partial charge in [-0.25, -0.2) is 24.9 Å². The molecule has 238 valence electrons. The van der Waals surface area contributed by atoms with E-state index in [-0.39, 0.29) is 0 Å². The number of hydrogen-bond donors (Lipinski definition) is 0. The van der Waals surface area contributed by atoms with Gasteiger partial charge in [-0.05, 0) is 35.0 Å². The van der Waals surface area contributed by atoms with Crippen LogP contribution >= 0.6 is 11.3 Å². The number of rotatable bonds is 5. The van der Waals surface area contributed by atoms with Crippen molar-refractivity contribution >= 4 is 53.2 Å². The summed E-state index contributed by atoms with van der Waals surface area (Å²) in [7, 11) is 0. The minimum Gasteiger partial charge on any atom is -0.228 e. The summed E-state index contributed by atoms with van der Waals surface area (Å²) in [5, 5.41) is 5.65. The average Bonchev–Trinajstić information content (AvgIpc) is 3.60.